The Morgan fingerprint density at radius 1 is 0.962 bits per heavy atom. The number of nitrogens with two attached hydrogens (primary N) is 1. The van der Waals surface area contributed by atoms with Crippen LogP contribution in [0.3, 0.4) is 0 Å². The maximum absolute atomic E-state index is 5.90. The van der Waals surface area contributed by atoms with Crippen LogP contribution < -0.4 is 5.73 Å². The lowest BCUT2D eigenvalue weighted by Gasteiger charge is -2.09. The monoisotopic (exact) mass is 405 g/mol. The van der Waals surface area contributed by atoms with Gasteiger partial charge in [-0.2, -0.15) is 0 Å². The number of benzene rings is 1. The standard InChI is InChI=1S/C20H16BrN5/c1-2-12-10-14(11-23-19(12)21)15-8-9-16-18(24-15)17(26-20(22)25-16)13-6-4-3-5-7-13/h3-11H,2H2,1H3,(H2,22,25,26). The molecule has 3 heterocycles. The molecule has 26 heavy (non-hydrogen) atoms. The van der Waals surface area contributed by atoms with Crippen LogP contribution in [0.1, 0.15) is 12.5 Å². The maximum Gasteiger partial charge on any atom is 0.221 e. The third-order valence-corrected chi connectivity index (χ3v) is 4.91. The number of pyridine rings is 2. The van der Waals surface area contributed by atoms with Crippen molar-refractivity contribution in [1.29, 1.82) is 0 Å². The van der Waals surface area contributed by atoms with Crippen LogP contribution >= 0.6 is 15.9 Å². The van der Waals surface area contributed by atoms with E-state index in [2.05, 4.69) is 43.9 Å². The van der Waals surface area contributed by atoms with E-state index in [1.807, 2.05) is 48.7 Å². The first-order valence-electron chi connectivity index (χ1n) is 8.30. The fourth-order valence-corrected chi connectivity index (χ4v) is 3.37. The molecule has 0 saturated heterocycles. The fourth-order valence-electron chi connectivity index (χ4n) is 2.87. The second-order valence-corrected chi connectivity index (χ2v) is 6.64. The molecule has 0 bridgehead atoms. The van der Waals surface area contributed by atoms with Gasteiger partial charge in [0.05, 0.1) is 11.2 Å². The molecular weight excluding hydrogens is 390 g/mol. The molecule has 1 aromatic carbocycles. The molecule has 0 fully saturated rings. The van der Waals surface area contributed by atoms with Gasteiger partial charge in [-0.25, -0.2) is 19.9 Å². The van der Waals surface area contributed by atoms with Gasteiger partial charge in [-0.05, 0) is 46.1 Å². The zero-order chi connectivity index (χ0) is 18.1. The molecule has 4 rings (SSSR count). The van der Waals surface area contributed by atoms with Gasteiger partial charge in [0.15, 0.2) is 0 Å². The molecule has 0 spiro atoms. The second kappa shape index (κ2) is 6.80. The van der Waals surface area contributed by atoms with Gasteiger partial charge in [0.2, 0.25) is 5.95 Å². The molecule has 128 valence electrons. The average molecular weight is 406 g/mol. The third kappa shape index (κ3) is 3.04. The van der Waals surface area contributed by atoms with Crippen molar-refractivity contribution >= 4 is 32.9 Å². The molecule has 4 aromatic rings. The highest BCUT2D eigenvalue weighted by Gasteiger charge is 2.12. The summed E-state index contributed by atoms with van der Waals surface area (Å²) in [7, 11) is 0. The van der Waals surface area contributed by atoms with Gasteiger partial charge in [0.1, 0.15) is 15.8 Å². The molecule has 3 aromatic heterocycles. The topological polar surface area (TPSA) is 77.6 Å². The largest absolute Gasteiger partial charge is 0.368 e. The van der Waals surface area contributed by atoms with Crippen LogP contribution in [-0.4, -0.2) is 19.9 Å². The Morgan fingerprint density at radius 2 is 1.77 bits per heavy atom. The molecular formula is C20H16BrN5. The highest BCUT2D eigenvalue weighted by molar-refractivity contribution is 9.10. The molecule has 0 unspecified atom stereocenters. The Kier molecular flexibility index (Phi) is 4.34. The van der Waals surface area contributed by atoms with Gasteiger partial charge >= 0.3 is 0 Å². The van der Waals surface area contributed by atoms with E-state index in [4.69, 9.17) is 10.7 Å². The molecule has 0 aliphatic heterocycles. The molecule has 6 heteroatoms. The van der Waals surface area contributed by atoms with E-state index in [0.29, 0.717) is 0 Å². The molecule has 0 saturated carbocycles. The summed E-state index contributed by atoms with van der Waals surface area (Å²) in [5, 5.41) is 0. The highest BCUT2D eigenvalue weighted by Crippen LogP contribution is 2.29. The minimum atomic E-state index is 0.240. The van der Waals surface area contributed by atoms with Crippen molar-refractivity contribution in [1.82, 2.24) is 19.9 Å². The Morgan fingerprint density at radius 3 is 2.54 bits per heavy atom. The van der Waals surface area contributed by atoms with Gasteiger partial charge in [0.25, 0.3) is 0 Å². The van der Waals surface area contributed by atoms with E-state index in [1.165, 1.54) is 0 Å². The van der Waals surface area contributed by atoms with Gasteiger partial charge < -0.3 is 5.73 Å². The van der Waals surface area contributed by atoms with Crippen molar-refractivity contribution in [3.63, 3.8) is 0 Å². The van der Waals surface area contributed by atoms with Crippen molar-refractivity contribution in [2.75, 3.05) is 5.73 Å². The number of hydrogen-bond acceptors (Lipinski definition) is 5. The first-order valence-corrected chi connectivity index (χ1v) is 9.09. The van der Waals surface area contributed by atoms with E-state index in [-0.39, 0.29) is 5.95 Å². The van der Waals surface area contributed by atoms with Crippen LogP contribution in [0.5, 0.6) is 0 Å². The fraction of sp³-hybridized carbons (Fsp3) is 0.100. The van der Waals surface area contributed by atoms with E-state index >= 15 is 0 Å². The lowest BCUT2D eigenvalue weighted by atomic mass is 10.1. The van der Waals surface area contributed by atoms with E-state index in [9.17, 15) is 0 Å². The number of aromatic nitrogens is 4. The summed E-state index contributed by atoms with van der Waals surface area (Å²) in [6.45, 7) is 2.10. The van der Waals surface area contributed by atoms with Crippen LogP contribution in [0.2, 0.25) is 0 Å². The molecule has 0 radical (unpaired) electrons. The Hall–Kier alpha value is -2.86. The summed E-state index contributed by atoms with van der Waals surface area (Å²) < 4.78 is 0.866. The number of aryl methyl sites for hydroxylation is 1. The average Bonchev–Trinajstić information content (AvgIpc) is 2.68. The zero-order valence-corrected chi connectivity index (χ0v) is 15.7. The number of anilines is 1. The smallest absolute Gasteiger partial charge is 0.221 e. The van der Waals surface area contributed by atoms with Crippen LogP contribution in [0.4, 0.5) is 5.95 Å². The lowest BCUT2D eigenvalue weighted by Crippen LogP contribution is -2.00. The van der Waals surface area contributed by atoms with Crippen molar-refractivity contribution < 1.29 is 0 Å². The molecule has 2 N–H and O–H groups in total. The van der Waals surface area contributed by atoms with Crippen LogP contribution in [0, 0.1) is 0 Å². The highest BCUT2D eigenvalue weighted by atomic mass is 79.9. The Balaban J connectivity index is 1.93. The number of nitrogens with zero attached hydrogens (tertiary/aromatic N) is 4. The molecule has 0 aliphatic carbocycles. The van der Waals surface area contributed by atoms with Gasteiger partial charge in [-0.15, -0.1) is 0 Å². The Bertz CT molecular complexity index is 1100. The van der Waals surface area contributed by atoms with E-state index in [1.54, 1.807) is 0 Å². The van der Waals surface area contributed by atoms with E-state index in [0.717, 1.165) is 50.1 Å². The first kappa shape index (κ1) is 16.6. The minimum absolute atomic E-state index is 0.240. The number of nitrogen functional groups attached to an aromatic ring is 1. The SMILES string of the molecule is CCc1cc(-c2ccc3nc(N)nc(-c4ccccc4)c3n2)cnc1Br. The van der Waals surface area contributed by atoms with Crippen LogP contribution in [0.15, 0.2) is 59.3 Å². The van der Waals surface area contributed by atoms with Crippen molar-refractivity contribution in [3.8, 4) is 22.5 Å². The van der Waals surface area contributed by atoms with Crippen LogP contribution in [-0.2, 0) is 6.42 Å². The van der Waals surface area contributed by atoms with Crippen molar-refractivity contribution in [2.24, 2.45) is 0 Å². The van der Waals surface area contributed by atoms with Gasteiger partial charge in [0, 0.05) is 17.3 Å². The van der Waals surface area contributed by atoms with E-state index < -0.39 is 0 Å². The predicted molar refractivity (Wildman–Crippen MR) is 107 cm³/mol. The summed E-state index contributed by atoms with van der Waals surface area (Å²) in [4.78, 5) is 18.0. The van der Waals surface area contributed by atoms with Crippen LogP contribution in [0.25, 0.3) is 33.5 Å². The number of rotatable bonds is 3. The summed E-state index contributed by atoms with van der Waals surface area (Å²) in [6, 6.07) is 15.9. The quantitative estimate of drug-likeness (QED) is 0.501. The normalized spacial score (nSPS) is 11.0. The number of fused-ring (bicyclic) bond motifs is 1. The molecule has 0 aliphatic rings. The Labute approximate surface area is 159 Å². The second-order valence-electron chi connectivity index (χ2n) is 5.89. The molecule has 0 amide bonds. The third-order valence-electron chi connectivity index (χ3n) is 4.20. The van der Waals surface area contributed by atoms with Crippen molar-refractivity contribution in [2.45, 2.75) is 13.3 Å². The number of hydrogen-bond donors (Lipinski definition) is 1. The lowest BCUT2D eigenvalue weighted by molar-refractivity contribution is 1.08. The predicted octanol–water partition coefficient (Wildman–Crippen LogP) is 4.66. The molecule has 0 atom stereocenters. The summed E-state index contributed by atoms with van der Waals surface area (Å²) in [5.74, 6) is 0.240. The summed E-state index contributed by atoms with van der Waals surface area (Å²) in [6.07, 6.45) is 2.71. The van der Waals surface area contributed by atoms with Gasteiger partial charge in [-0.3, -0.25) is 0 Å². The molecule has 5 nitrogen and oxygen atoms in total. The summed E-state index contributed by atoms with van der Waals surface area (Å²) in [5.41, 5.74) is 12.0. The number of halogens is 1. The minimum Gasteiger partial charge on any atom is -0.368 e. The maximum atomic E-state index is 5.90. The zero-order valence-electron chi connectivity index (χ0n) is 14.1. The van der Waals surface area contributed by atoms with Crippen molar-refractivity contribution in [3.05, 3.63) is 64.9 Å². The summed E-state index contributed by atoms with van der Waals surface area (Å²) >= 11 is 3.49. The first-order chi connectivity index (χ1) is 12.7. The van der Waals surface area contributed by atoms with Gasteiger partial charge in [-0.1, -0.05) is 37.3 Å².